The van der Waals surface area contributed by atoms with Crippen LogP contribution in [0.3, 0.4) is 0 Å². The predicted octanol–water partition coefficient (Wildman–Crippen LogP) is -1.44. The number of phenols is 1. The molecular weight excluding hydrogens is 1120 g/mol. The third kappa shape index (κ3) is 20.0. The predicted molar refractivity (Wildman–Crippen MR) is 320 cm³/mol. The van der Waals surface area contributed by atoms with Crippen molar-refractivity contribution in [2.24, 2.45) is 28.3 Å². The minimum absolute atomic E-state index is 0.0404. The molecule has 2 aromatic carbocycles. The maximum atomic E-state index is 15.2. The van der Waals surface area contributed by atoms with E-state index in [-0.39, 0.29) is 81.9 Å². The molecule has 28 nitrogen and oxygen atoms in total. The van der Waals surface area contributed by atoms with Crippen molar-refractivity contribution >= 4 is 75.9 Å². The molecule has 0 spiro atoms. The molecule has 6 rings (SSSR count). The van der Waals surface area contributed by atoms with E-state index in [0.717, 1.165) is 12.1 Å². The quantitative estimate of drug-likeness (QED) is 0.0151. The van der Waals surface area contributed by atoms with E-state index in [4.69, 9.17) is 21.1 Å². The molecule has 4 heterocycles. The van der Waals surface area contributed by atoms with E-state index in [9.17, 15) is 52.7 Å². The van der Waals surface area contributed by atoms with E-state index in [1.807, 2.05) is 0 Å². The van der Waals surface area contributed by atoms with Gasteiger partial charge in [-0.1, -0.05) is 57.9 Å². The van der Waals surface area contributed by atoms with Crippen molar-refractivity contribution in [2.45, 2.75) is 159 Å². The van der Waals surface area contributed by atoms with Gasteiger partial charge in [-0.25, -0.2) is 4.98 Å². The Morgan fingerprint density at radius 3 is 2.08 bits per heavy atom. The first-order chi connectivity index (χ1) is 45.5. The van der Waals surface area contributed by atoms with Crippen LogP contribution in [-0.2, 0) is 67.2 Å². The molecule has 2 saturated heterocycles. The zero-order valence-corrected chi connectivity index (χ0v) is 48.4. The number of benzene rings is 2. The lowest BCUT2D eigenvalue weighted by molar-refractivity contribution is -0.142. The normalized spacial score (nSPS) is 19.8. The molecule has 28 heteroatoms. The van der Waals surface area contributed by atoms with Gasteiger partial charge >= 0.3 is 0 Å². The van der Waals surface area contributed by atoms with Crippen LogP contribution in [0, 0.1) is 11.8 Å². The molecule has 2 aliphatic rings. The lowest BCUT2D eigenvalue weighted by Gasteiger charge is -2.31. The number of aliphatic hydroxyl groups excluding tert-OH is 1. The summed E-state index contributed by atoms with van der Waals surface area (Å²) in [5.74, 6) is -16.7. The van der Waals surface area contributed by atoms with Crippen molar-refractivity contribution in [3.05, 3.63) is 84.1 Å². The van der Waals surface area contributed by atoms with E-state index >= 15 is 9.59 Å². The number of imidazole rings is 1. The SMILES string of the molecule is [2H]C([2H])([2H])C([2H])(C([2H])([2H])[2H])C([2H])([2H])[C@@]([2H])(NC(=O)[C@H](Cc1ccc(O)cc1)NC(=O)[C@H](CO)NC(=O)[C@H](Cc1c[nH]c2ccccc12)NC(=O)[C@H](Cc1cnc[nH]1)NC(=O)[C@@H]1CCC(=O)N1)C(=O)N[C@@H](CC(C)C)C(=O)N[C@@H](CCCN=C(N)N)C(=O)N1CCC[C@H]1C(=O)NCC. The van der Waals surface area contributed by atoms with E-state index in [1.165, 1.54) is 29.6 Å². The molecule has 472 valence electrons. The molecule has 4 aromatic rings. The van der Waals surface area contributed by atoms with Crippen LogP contribution in [0.4, 0.5) is 0 Å². The number of carbonyl (C=O) groups excluding carboxylic acids is 10. The highest BCUT2D eigenvalue weighted by Crippen LogP contribution is 2.22. The lowest BCUT2D eigenvalue weighted by atomic mass is 9.98. The number of amides is 10. The summed E-state index contributed by atoms with van der Waals surface area (Å²) in [5.41, 5.74) is 12.5. The summed E-state index contributed by atoms with van der Waals surface area (Å²) in [6.45, 7) is -4.78. The lowest BCUT2D eigenvalue weighted by Crippen LogP contribution is -2.61. The molecule has 0 unspecified atom stereocenters. The van der Waals surface area contributed by atoms with Gasteiger partial charge in [-0.15, -0.1) is 0 Å². The number of nitrogens with one attached hydrogen (secondary N) is 11. The summed E-state index contributed by atoms with van der Waals surface area (Å²) >= 11 is 0. The first kappa shape index (κ1) is 53.4. The number of hydrogen-bond donors (Lipinski definition) is 15. The van der Waals surface area contributed by atoms with Crippen molar-refractivity contribution in [3.63, 3.8) is 0 Å². The van der Waals surface area contributed by atoms with E-state index in [2.05, 4.69) is 62.5 Å². The molecule has 0 aliphatic carbocycles. The minimum atomic E-state index is -4.60. The average Bonchev–Trinajstić information content (AvgIpc) is 0.956. The molecule has 2 aromatic heterocycles. The Labute approximate surface area is 518 Å². The molecule has 2 aliphatic heterocycles. The van der Waals surface area contributed by atoms with Crippen LogP contribution in [0.2, 0.25) is 0 Å². The third-order valence-electron chi connectivity index (χ3n) is 14.3. The third-order valence-corrected chi connectivity index (χ3v) is 14.3. The molecule has 9 atom stereocenters. The van der Waals surface area contributed by atoms with Gasteiger partial charge < -0.3 is 84.4 Å². The summed E-state index contributed by atoms with van der Waals surface area (Å²) in [6, 6.07) is -5.56. The molecule has 0 radical (unpaired) electrons. The number of guanidine groups is 1. The smallest absolute Gasteiger partial charge is 0.245 e. The van der Waals surface area contributed by atoms with E-state index in [0.29, 0.717) is 28.6 Å². The number of aromatic amines is 2. The zero-order chi connectivity index (χ0) is 72.0. The van der Waals surface area contributed by atoms with Gasteiger partial charge in [-0.2, -0.15) is 0 Å². The van der Waals surface area contributed by atoms with Gasteiger partial charge in [0.2, 0.25) is 59.1 Å². The first-order valence-corrected chi connectivity index (χ1v) is 28.5. The largest absolute Gasteiger partial charge is 0.508 e. The Morgan fingerprint density at radius 1 is 0.793 bits per heavy atom. The fraction of sp³-hybridized carbons (Fsp3) is 0.525. The topological polar surface area (TPSA) is 432 Å². The summed E-state index contributed by atoms with van der Waals surface area (Å²) in [4.78, 5) is 157. The van der Waals surface area contributed by atoms with E-state index in [1.54, 1.807) is 56.6 Å². The van der Waals surface area contributed by atoms with Gasteiger partial charge in [-0.3, -0.25) is 52.9 Å². The maximum Gasteiger partial charge on any atom is 0.245 e. The van der Waals surface area contributed by atoms with Gasteiger partial charge in [0.25, 0.3) is 0 Å². The van der Waals surface area contributed by atoms with Gasteiger partial charge in [0, 0.05) is 86.6 Å². The van der Waals surface area contributed by atoms with Crippen molar-refractivity contribution in [1.29, 1.82) is 0 Å². The van der Waals surface area contributed by atoms with Crippen LogP contribution in [0.1, 0.15) is 116 Å². The van der Waals surface area contributed by atoms with Crippen LogP contribution in [0.5, 0.6) is 5.75 Å². The van der Waals surface area contributed by atoms with Crippen molar-refractivity contribution < 1.29 is 71.9 Å². The summed E-state index contributed by atoms with van der Waals surface area (Å²) in [6.07, 6.45) is -1.39. The van der Waals surface area contributed by atoms with Gasteiger partial charge in [-0.05, 0) is 93.0 Å². The number of aromatic nitrogens is 3. The van der Waals surface area contributed by atoms with Crippen molar-refractivity contribution in [1.82, 2.24) is 67.7 Å². The number of para-hydroxylation sites is 1. The van der Waals surface area contributed by atoms with Crippen LogP contribution in [0.15, 0.2) is 72.2 Å². The second-order valence-corrected chi connectivity index (χ2v) is 21.4. The molecular formula is C59H84N16O12. The highest BCUT2D eigenvalue weighted by Gasteiger charge is 2.40. The number of aliphatic imine (C=N–C) groups is 1. The number of phenolic OH excluding ortho intramolecular Hbond substituents is 1. The van der Waals surface area contributed by atoms with Gasteiger partial charge in [0.15, 0.2) is 5.96 Å². The molecule has 0 bridgehead atoms. The van der Waals surface area contributed by atoms with Crippen molar-refractivity contribution in [3.8, 4) is 5.75 Å². The zero-order valence-electron chi connectivity index (χ0n) is 58.4. The highest BCUT2D eigenvalue weighted by atomic mass is 16.3. The number of carbonyl (C=O) groups is 10. The summed E-state index contributed by atoms with van der Waals surface area (Å²) < 4.78 is 87.0. The number of nitrogens with two attached hydrogens (primary N) is 2. The fourth-order valence-electron chi connectivity index (χ4n) is 9.97. The Bertz CT molecular complexity index is 3490. The Hall–Kier alpha value is -9.08. The monoisotopic (exact) mass is 1220 g/mol. The molecule has 0 saturated carbocycles. The van der Waals surface area contributed by atoms with E-state index < -0.39 is 165 Å². The number of aliphatic hydroxyl groups is 1. The number of hydrogen-bond acceptors (Lipinski definition) is 14. The second-order valence-electron chi connectivity index (χ2n) is 21.4. The standard InChI is InChI=1S/C59H84N16O12/c1-6-63-57(86)48-14-10-22-75(48)58(87)41(13-9-21-64-59(60)61)68-51(80)42(23-32(2)3)69-52(81)43(24-33(4)5)70-53(82)44(25-34-15-17-37(77)18-16-34)71-56(85)47(30-76)74-54(83)45(26-35-28-65-39-12-8-7-11-38(35)39)72-55(84)46(27-36-29-62-31-66-36)73-50(79)40-19-20-49(78)67-40/h7-8,11-12,15-18,28-29,31-33,40-48,65,76-77H,6,9-10,13-14,19-27,30H2,1-5H3,(H,62,66)(H,63,86)(H,67,78)(H,68,80)(H,69,81)(H,70,82)(H,71,85)(H,72,84)(H,73,79)(H,74,83)(H4,60,61,64)/t40-,41-,42-,43+,44-,45-,46-,47-,48-/m0/s1/i4D3,5D3,24D2,33D,43D. The molecule has 10 amide bonds. The molecule has 17 N–H and O–H groups in total. The number of nitrogens with zero attached hydrogens (tertiary/aromatic N) is 3. The number of likely N-dealkylation sites (tertiary alicyclic amines) is 1. The Kier molecular flexibility index (Phi) is 19.9. The first-order valence-electron chi connectivity index (χ1n) is 33.5. The van der Waals surface area contributed by atoms with Gasteiger partial charge in [0.1, 0.15) is 60.1 Å². The number of rotatable bonds is 32. The Morgan fingerprint density at radius 2 is 1.44 bits per heavy atom. The average molecular weight is 1220 g/mol. The van der Waals surface area contributed by atoms with Crippen LogP contribution >= 0.6 is 0 Å². The maximum absolute atomic E-state index is 15.2. The summed E-state index contributed by atoms with van der Waals surface area (Å²) in [5, 5.41) is 43.1. The summed E-state index contributed by atoms with van der Waals surface area (Å²) in [7, 11) is 0. The highest BCUT2D eigenvalue weighted by molar-refractivity contribution is 5.99. The molecule has 87 heavy (non-hydrogen) atoms. The van der Waals surface area contributed by atoms with Gasteiger partial charge in [0.05, 0.1) is 14.3 Å². The Balaban J connectivity index is 1.37. The number of fused-ring (bicyclic) bond motifs is 1. The van der Waals surface area contributed by atoms with Crippen molar-refractivity contribution in [2.75, 3.05) is 26.2 Å². The van der Waals surface area contributed by atoms with Crippen LogP contribution < -0.4 is 59.3 Å². The number of aromatic hydroxyl groups is 1. The van der Waals surface area contributed by atoms with Crippen LogP contribution in [-0.4, -0.2) is 176 Å². The van der Waals surface area contributed by atoms with Crippen LogP contribution in [0.25, 0.3) is 10.9 Å². The molecule has 2 fully saturated rings. The number of H-pyrrole nitrogens is 2. The minimum Gasteiger partial charge on any atom is -0.508 e. The number of likely N-dealkylation sites (N-methyl/N-ethyl adjacent to an activating group) is 1. The second kappa shape index (κ2) is 32.4. The fourth-order valence-corrected chi connectivity index (χ4v) is 9.97.